The minimum atomic E-state index is -6.10. The third-order valence-corrected chi connectivity index (χ3v) is 19.3. The molecule has 4 aromatic carbocycles. The Morgan fingerprint density at radius 1 is 0.584 bits per heavy atom. The molecule has 23 nitrogen and oxygen atoms in total. The molecule has 77 heavy (non-hydrogen) atoms. The Kier molecular flexibility index (Phi) is 22.4. The van der Waals surface area contributed by atoms with Crippen LogP contribution in [-0.2, 0) is 65.2 Å². The van der Waals surface area contributed by atoms with E-state index in [0.29, 0.717) is 37.2 Å². The molecule has 0 saturated carbocycles. The third kappa shape index (κ3) is 19.3. The van der Waals surface area contributed by atoms with Gasteiger partial charge in [0.1, 0.15) is 0 Å². The summed E-state index contributed by atoms with van der Waals surface area (Å²) >= 11 is 0. The van der Waals surface area contributed by atoms with E-state index >= 15 is 0 Å². The number of anilines is 2. The average molecular weight is 1160 g/mol. The topological polar surface area (TPSA) is 331 Å². The standard InChI is InChI=1S/C50H74N6O17P2S2/c1-35(2)29-55(76(63,64)43-19-15-39(51)16-20-43)31-47(45(27-37-11-7-5-8-12-37)53-49(57)69-41-23-25-67-33-41)71-74(59,60)73-75(61,62)72-48(32-56(30-36(3)4)77(65,66)44-21-17-40(52)18-22-44)46(28-38-13-9-6-10-14-38)54-50(58)70-42-24-26-68-34-42/h5-22,35-36,41-42,45-48,59-62,74-75H,23-34,51-52H2,1-4H3,(H,53,57)(H,54,58)/t41-,42-,45-,46-,47+,48+/m0/s1. The number of sulfonamides is 2. The molecule has 2 saturated heterocycles. The summed E-state index contributed by atoms with van der Waals surface area (Å²) in [5, 5.41) is 5.42. The summed E-state index contributed by atoms with van der Waals surface area (Å²) in [7, 11) is -21.1. The maximum absolute atomic E-state index is 14.5. The SMILES string of the molecule is CC(C)CN(C[C@@H](O[PH](O)(O)O[PH](O)(O)O[C@H](CN(CC(C)C)S(=O)(=O)c1ccc(N)cc1)[C@H](Cc1ccccc1)NC(=O)O[C@H]1CCOC1)[C@H](Cc1ccccc1)NC(=O)O[C@H]1CCOC1)S(=O)(=O)c1ccc(N)cc1. The van der Waals surface area contributed by atoms with E-state index in [0.717, 1.165) is 8.61 Å². The van der Waals surface area contributed by atoms with Crippen LogP contribution in [-0.4, -0.2) is 146 Å². The number of carbonyl (C=O) groups is 2. The van der Waals surface area contributed by atoms with Crippen molar-refractivity contribution < 1.29 is 78.3 Å². The summed E-state index contributed by atoms with van der Waals surface area (Å²) < 4.78 is 99.6. The average Bonchev–Trinajstić information content (AvgIpc) is 4.08. The predicted molar refractivity (Wildman–Crippen MR) is 291 cm³/mol. The minimum absolute atomic E-state index is 0.109. The summed E-state index contributed by atoms with van der Waals surface area (Å²) in [6.45, 7) is 6.15. The first-order valence-electron chi connectivity index (χ1n) is 25.2. The number of alkyl carbamates (subject to hydrolysis) is 2. The van der Waals surface area contributed by atoms with E-state index in [-0.39, 0.29) is 72.1 Å². The van der Waals surface area contributed by atoms with Gasteiger partial charge in [-0.25, -0.2) is 0 Å². The molecule has 2 heterocycles. The second kappa shape index (κ2) is 28.0. The summed E-state index contributed by atoms with van der Waals surface area (Å²) in [6.07, 6.45) is -6.28. The molecule has 0 unspecified atom stereocenters. The molecule has 10 N–H and O–H groups in total. The zero-order valence-electron chi connectivity index (χ0n) is 43.5. The third-order valence-electron chi connectivity index (χ3n) is 12.2. The summed E-state index contributed by atoms with van der Waals surface area (Å²) in [4.78, 5) is 74.9. The first-order valence-corrected chi connectivity index (χ1v) is 31.5. The molecule has 0 spiro atoms. The van der Waals surface area contributed by atoms with Crippen LogP contribution in [0.5, 0.6) is 0 Å². The Labute approximate surface area is 451 Å². The summed E-state index contributed by atoms with van der Waals surface area (Å²) in [6, 6.07) is 25.2. The van der Waals surface area contributed by atoms with Crippen molar-refractivity contribution in [2.45, 2.75) is 99.7 Å². The van der Waals surface area contributed by atoms with Gasteiger partial charge in [-0.2, -0.15) is 0 Å². The molecule has 6 atom stereocenters. The van der Waals surface area contributed by atoms with Gasteiger partial charge in [0.15, 0.2) is 0 Å². The van der Waals surface area contributed by atoms with Crippen molar-refractivity contribution in [3.63, 3.8) is 0 Å². The van der Waals surface area contributed by atoms with Crippen molar-refractivity contribution in [1.29, 1.82) is 0 Å². The maximum atomic E-state index is 14.5. The Morgan fingerprint density at radius 3 is 1.25 bits per heavy atom. The van der Waals surface area contributed by atoms with Gasteiger partial charge >= 0.3 is 453 Å². The number of nitrogen functional groups attached to an aromatic ring is 2. The van der Waals surface area contributed by atoms with Gasteiger partial charge in [0.25, 0.3) is 0 Å². The fraction of sp³-hybridized carbons (Fsp3) is 0.480. The quantitative estimate of drug-likeness (QED) is 0.0283. The number of nitrogens with two attached hydrogens (primary N) is 2. The van der Waals surface area contributed by atoms with Crippen LogP contribution in [0.2, 0.25) is 0 Å². The predicted octanol–water partition coefficient (Wildman–Crippen LogP) is 4.67. The zero-order valence-corrected chi connectivity index (χ0v) is 47.1. The van der Waals surface area contributed by atoms with Crippen molar-refractivity contribution in [2.24, 2.45) is 11.8 Å². The number of nitrogens with one attached hydrogen (secondary N) is 2. The molecule has 6 rings (SSSR count). The molecule has 0 aromatic heterocycles. The first kappa shape index (κ1) is 61.6. The number of benzene rings is 4. The summed E-state index contributed by atoms with van der Waals surface area (Å²) in [5.41, 5.74) is 13.5. The Hall–Kier alpha value is -4.66. The molecule has 4 aromatic rings. The number of nitrogens with zero attached hydrogens (tertiary/aromatic N) is 2. The zero-order chi connectivity index (χ0) is 56.0. The molecule has 2 amide bonds. The first-order chi connectivity index (χ1) is 36.4. The van der Waals surface area contributed by atoms with E-state index < -0.39 is 98.2 Å². The van der Waals surface area contributed by atoms with Crippen molar-refractivity contribution in [2.75, 3.05) is 64.1 Å². The monoisotopic (exact) mass is 1160 g/mol. The Bertz CT molecular complexity index is 2520. The Balaban J connectivity index is 1.40. The van der Waals surface area contributed by atoms with Crippen LogP contribution in [0.1, 0.15) is 51.7 Å². The van der Waals surface area contributed by atoms with Crippen LogP contribution in [0.3, 0.4) is 0 Å². The van der Waals surface area contributed by atoms with Gasteiger partial charge in [0.05, 0.1) is 0 Å². The molecule has 0 aliphatic carbocycles. The van der Waals surface area contributed by atoms with Gasteiger partial charge in [-0.3, -0.25) is 0 Å². The van der Waals surface area contributed by atoms with Gasteiger partial charge in [-0.05, 0) is 0 Å². The molecule has 2 aliphatic rings. The number of carbonyl (C=O) groups excluding carboxylic acids is 2. The molecule has 2 fully saturated rings. The van der Waals surface area contributed by atoms with Crippen molar-refractivity contribution >= 4 is 59.9 Å². The van der Waals surface area contributed by atoms with Gasteiger partial charge in [-0.15, -0.1) is 0 Å². The van der Waals surface area contributed by atoms with Gasteiger partial charge in [0, 0.05) is 0 Å². The van der Waals surface area contributed by atoms with Gasteiger partial charge < -0.3 is 0 Å². The Morgan fingerprint density at radius 2 is 0.935 bits per heavy atom. The molecule has 0 bridgehead atoms. The van der Waals surface area contributed by atoms with Crippen LogP contribution in [0.4, 0.5) is 21.0 Å². The second-order valence-corrected chi connectivity index (χ2v) is 27.1. The van der Waals surface area contributed by atoms with E-state index in [1.807, 2.05) is 0 Å². The van der Waals surface area contributed by atoms with Crippen LogP contribution in [0.25, 0.3) is 0 Å². The number of hydrogen-bond donors (Lipinski definition) is 8. The van der Waals surface area contributed by atoms with Crippen LogP contribution >= 0.6 is 16.3 Å². The van der Waals surface area contributed by atoms with E-state index in [1.54, 1.807) is 88.4 Å². The van der Waals surface area contributed by atoms with Crippen molar-refractivity contribution in [3.05, 3.63) is 120 Å². The molecule has 2 aliphatic heterocycles. The van der Waals surface area contributed by atoms with E-state index in [1.165, 1.54) is 48.5 Å². The number of rotatable bonds is 28. The molecule has 428 valence electrons. The fourth-order valence-corrected chi connectivity index (χ4v) is 14.9. The second-order valence-electron chi connectivity index (χ2n) is 19.7. The summed E-state index contributed by atoms with van der Waals surface area (Å²) in [5.74, 6) is -0.677. The van der Waals surface area contributed by atoms with Crippen LogP contribution in [0.15, 0.2) is 119 Å². The van der Waals surface area contributed by atoms with E-state index in [4.69, 9.17) is 43.8 Å². The van der Waals surface area contributed by atoms with Gasteiger partial charge in [-0.1, -0.05) is 0 Å². The van der Waals surface area contributed by atoms with E-state index in [9.17, 15) is 46.0 Å². The fourth-order valence-electron chi connectivity index (χ4n) is 8.62. The van der Waals surface area contributed by atoms with E-state index in [2.05, 4.69) is 10.6 Å². The molecule has 0 radical (unpaired) electrons. The number of ether oxygens (including phenoxy) is 4. The number of amides is 2. The number of hydrogen-bond acceptors (Lipinski definition) is 19. The molecule has 27 heteroatoms. The molecular formula is C50H74N6O17P2S2. The normalized spacial score (nSPS) is 18.5. The molecular weight excluding hydrogens is 1080 g/mol. The van der Waals surface area contributed by atoms with Gasteiger partial charge in [0.2, 0.25) is 0 Å². The van der Waals surface area contributed by atoms with Crippen molar-refractivity contribution in [1.82, 2.24) is 19.2 Å². The van der Waals surface area contributed by atoms with Crippen molar-refractivity contribution in [3.8, 4) is 0 Å². The van der Waals surface area contributed by atoms with Crippen LogP contribution in [0, 0.1) is 11.8 Å². The van der Waals surface area contributed by atoms with Crippen LogP contribution < -0.4 is 22.1 Å².